The zero-order chi connectivity index (χ0) is 18.0. The third-order valence-corrected chi connectivity index (χ3v) is 5.23. The number of aryl methyl sites for hydroxylation is 1. The first-order valence-corrected chi connectivity index (χ1v) is 9.08. The van der Waals surface area contributed by atoms with Crippen molar-refractivity contribution >= 4 is 5.91 Å². The number of amides is 1. The van der Waals surface area contributed by atoms with E-state index in [1.54, 1.807) is 30.2 Å². The van der Waals surface area contributed by atoms with Gasteiger partial charge in [0.2, 0.25) is 0 Å². The predicted molar refractivity (Wildman–Crippen MR) is 94.5 cm³/mol. The molecule has 0 bridgehead atoms. The summed E-state index contributed by atoms with van der Waals surface area (Å²) >= 11 is 0. The summed E-state index contributed by atoms with van der Waals surface area (Å²) < 4.78 is 13.8. The summed E-state index contributed by atoms with van der Waals surface area (Å²) in [6, 6.07) is 7.58. The Morgan fingerprint density at radius 2 is 2.31 bits per heavy atom. The van der Waals surface area contributed by atoms with E-state index < -0.39 is 0 Å². The van der Waals surface area contributed by atoms with Gasteiger partial charge in [-0.15, -0.1) is 0 Å². The minimum Gasteiger partial charge on any atom is -0.370 e. The number of ether oxygens (including phenoxy) is 2. The van der Waals surface area contributed by atoms with Crippen molar-refractivity contribution in [3.63, 3.8) is 0 Å². The molecule has 0 N–H and O–H groups in total. The van der Waals surface area contributed by atoms with Gasteiger partial charge in [0.05, 0.1) is 37.2 Å². The van der Waals surface area contributed by atoms with Crippen LogP contribution in [0.5, 0.6) is 0 Å². The van der Waals surface area contributed by atoms with Crippen molar-refractivity contribution < 1.29 is 14.3 Å². The number of pyridine rings is 1. The molecule has 7 nitrogen and oxygen atoms in total. The number of carbonyl (C=O) groups is 1. The Balaban J connectivity index is 1.36. The van der Waals surface area contributed by atoms with Crippen LogP contribution in [0.25, 0.3) is 0 Å². The van der Waals surface area contributed by atoms with Gasteiger partial charge < -0.3 is 14.4 Å². The van der Waals surface area contributed by atoms with E-state index in [9.17, 15) is 4.79 Å². The number of likely N-dealkylation sites (tertiary alicyclic amines) is 1. The predicted octanol–water partition coefficient (Wildman–Crippen LogP) is 1.80. The van der Waals surface area contributed by atoms with Crippen LogP contribution < -0.4 is 0 Å². The quantitative estimate of drug-likeness (QED) is 0.835. The molecule has 138 valence electrons. The van der Waals surface area contributed by atoms with Crippen molar-refractivity contribution in [3.8, 4) is 0 Å². The number of piperidine rings is 1. The maximum atomic E-state index is 12.8. The van der Waals surface area contributed by atoms with E-state index in [-0.39, 0.29) is 17.6 Å². The number of nitrogens with zero attached hydrogens (tertiary/aromatic N) is 4. The number of carbonyl (C=O) groups excluding carboxylic acids is 1. The van der Waals surface area contributed by atoms with Crippen LogP contribution in [0.1, 0.15) is 35.4 Å². The molecule has 2 atom stereocenters. The molecule has 0 aromatic carbocycles. The molecule has 0 saturated carbocycles. The highest BCUT2D eigenvalue weighted by Crippen LogP contribution is 2.36. The average molecular weight is 356 g/mol. The molecule has 7 heteroatoms. The molecule has 4 heterocycles. The van der Waals surface area contributed by atoms with Crippen LogP contribution >= 0.6 is 0 Å². The highest BCUT2D eigenvalue weighted by atomic mass is 16.6. The van der Waals surface area contributed by atoms with Crippen LogP contribution in [0.2, 0.25) is 0 Å². The normalized spacial score (nSPS) is 25.7. The van der Waals surface area contributed by atoms with Crippen molar-refractivity contribution in [3.05, 3.63) is 48.0 Å². The molecule has 26 heavy (non-hydrogen) atoms. The van der Waals surface area contributed by atoms with E-state index in [2.05, 4.69) is 10.1 Å². The molecule has 2 aliphatic rings. The number of aromatic nitrogens is 3. The third kappa shape index (κ3) is 3.50. The molecule has 4 rings (SSSR count). The second kappa shape index (κ2) is 7.17. The van der Waals surface area contributed by atoms with E-state index >= 15 is 0 Å². The molecule has 2 fully saturated rings. The minimum atomic E-state index is -0.290. The summed E-state index contributed by atoms with van der Waals surface area (Å²) in [5.41, 5.74) is 1.24. The van der Waals surface area contributed by atoms with Gasteiger partial charge >= 0.3 is 0 Å². The minimum absolute atomic E-state index is 0.0190. The summed E-state index contributed by atoms with van der Waals surface area (Å²) in [5, 5.41) is 4.10. The number of hydrogen-bond acceptors (Lipinski definition) is 5. The molecule has 2 aromatic heterocycles. The second-order valence-corrected chi connectivity index (χ2v) is 7.12. The Morgan fingerprint density at radius 3 is 3.08 bits per heavy atom. The molecule has 1 amide bonds. The zero-order valence-corrected chi connectivity index (χ0v) is 15.0. The molecule has 2 aromatic rings. The van der Waals surface area contributed by atoms with Crippen LogP contribution in [-0.2, 0) is 23.1 Å². The summed E-state index contributed by atoms with van der Waals surface area (Å²) in [4.78, 5) is 19.0. The molecule has 2 saturated heterocycles. The summed E-state index contributed by atoms with van der Waals surface area (Å²) in [5.74, 6) is 0.0190. The van der Waals surface area contributed by atoms with Crippen LogP contribution in [0, 0.1) is 0 Å². The van der Waals surface area contributed by atoms with Gasteiger partial charge in [-0.25, -0.2) is 0 Å². The molecule has 0 radical (unpaired) electrons. The lowest BCUT2D eigenvalue weighted by Crippen LogP contribution is -2.50. The first-order valence-electron chi connectivity index (χ1n) is 9.08. The molecule has 0 aliphatic carbocycles. The first-order chi connectivity index (χ1) is 12.7. The maximum absolute atomic E-state index is 12.8. The first kappa shape index (κ1) is 17.2. The fourth-order valence-electron chi connectivity index (χ4n) is 3.90. The monoisotopic (exact) mass is 356 g/mol. The Kier molecular flexibility index (Phi) is 4.74. The van der Waals surface area contributed by atoms with Gasteiger partial charge in [-0.3, -0.25) is 14.5 Å². The molecular weight excluding hydrogens is 332 g/mol. The Morgan fingerprint density at radius 1 is 1.38 bits per heavy atom. The van der Waals surface area contributed by atoms with Gasteiger partial charge in [-0.05, 0) is 31.0 Å². The Hall–Kier alpha value is -2.25. The topological polar surface area (TPSA) is 69.5 Å². The highest BCUT2D eigenvalue weighted by molar-refractivity contribution is 5.92. The van der Waals surface area contributed by atoms with Gasteiger partial charge in [0.25, 0.3) is 5.91 Å². The zero-order valence-electron chi connectivity index (χ0n) is 15.0. The molecular formula is C19H24N4O3. The summed E-state index contributed by atoms with van der Waals surface area (Å²) in [7, 11) is 1.79. The lowest BCUT2D eigenvalue weighted by atomic mass is 9.89. The largest absolute Gasteiger partial charge is 0.370 e. The van der Waals surface area contributed by atoms with E-state index in [4.69, 9.17) is 9.47 Å². The van der Waals surface area contributed by atoms with Gasteiger partial charge in [0.1, 0.15) is 5.69 Å². The lowest BCUT2D eigenvalue weighted by molar-refractivity contribution is -0.0468. The smallest absolute Gasteiger partial charge is 0.272 e. The van der Waals surface area contributed by atoms with E-state index in [1.165, 1.54) is 0 Å². The average Bonchev–Trinajstić information content (AvgIpc) is 3.27. The van der Waals surface area contributed by atoms with Crippen molar-refractivity contribution in [1.82, 2.24) is 19.7 Å². The van der Waals surface area contributed by atoms with Crippen molar-refractivity contribution in [2.24, 2.45) is 7.05 Å². The number of hydrogen-bond donors (Lipinski definition) is 0. The van der Waals surface area contributed by atoms with Gasteiger partial charge in [-0.1, -0.05) is 6.07 Å². The van der Waals surface area contributed by atoms with Crippen LogP contribution in [0.3, 0.4) is 0 Å². The maximum Gasteiger partial charge on any atom is 0.272 e. The van der Waals surface area contributed by atoms with E-state index in [0.717, 1.165) is 31.5 Å². The van der Waals surface area contributed by atoms with E-state index in [1.807, 2.05) is 23.1 Å². The molecule has 0 unspecified atom stereocenters. The van der Waals surface area contributed by atoms with E-state index in [0.29, 0.717) is 25.5 Å². The van der Waals surface area contributed by atoms with Gasteiger partial charge in [0, 0.05) is 32.4 Å². The highest BCUT2D eigenvalue weighted by Gasteiger charge is 2.45. The lowest BCUT2D eigenvalue weighted by Gasteiger charge is -2.39. The SMILES string of the molecule is Cn1nccc1C(=O)N1CCC[C@]2(C[C@@H](OCc3ccccn3)CO2)C1. The van der Waals surface area contributed by atoms with Crippen molar-refractivity contribution in [2.75, 3.05) is 19.7 Å². The van der Waals surface area contributed by atoms with Crippen LogP contribution in [0.15, 0.2) is 36.7 Å². The van der Waals surface area contributed by atoms with Gasteiger partial charge in [0.15, 0.2) is 0 Å². The van der Waals surface area contributed by atoms with Crippen LogP contribution in [0.4, 0.5) is 0 Å². The van der Waals surface area contributed by atoms with Crippen molar-refractivity contribution in [1.29, 1.82) is 0 Å². The fraction of sp³-hybridized carbons (Fsp3) is 0.526. The molecule has 2 aliphatic heterocycles. The third-order valence-electron chi connectivity index (χ3n) is 5.23. The standard InChI is InChI=1S/C19H24N4O3/c1-22-17(6-9-21-22)18(24)23-10-4-7-19(14-23)11-16(13-26-19)25-12-15-5-2-3-8-20-15/h2-3,5-6,8-9,16H,4,7,10-14H2,1H3/t16-,19+/m1/s1. The van der Waals surface area contributed by atoms with Crippen molar-refractivity contribution in [2.45, 2.75) is 37.6 Å². The fourth-order valence-corrected chi connectivity index (χ4v) is 3.90. The van der Waals surface area contributed by atoms with Gasteiger partial charge in [-0.2, -0.15) is 5.10 Å². The Labute approximate surface area is 152 Å². The van der Waals surface area contributed by atoms with Crippen LogP contribution in [-0.4, -0.2) is 57.0 Å². The second-order valence-electron chi connectivity index (χ2n) is 7.12. The summed E-state index contributed by atoms with van der Waals surface area (Å²) in [6.45, 7) is 2.43. The Bertz CT molecular complexity index is 763. The summed E-state index contributed by atoms with van der Waals surface area (Å²) in [6.07, 6.45) is 6.19. The number of rotatable bonds is 4. The molecule has 1 spiro atoms.